The summed E-state index contributed by atoms with van der Waals surface area (Å²) >= 11 is 0. The molecule has 3 rings (SSSR count). The van der Waals surface area contributed by atoms with Crippen LogP contribution in [-0.4, -0.2) is 6.66 Å². The monoisotopic (exact) mass is 230 g/mol. The lowest BCUT2D eigenvalue weighted by atomic mass is 10.3. The second kappa shape index (κ2) is 3.71. The van der Waals surface area contributed by atoms with Crippen LogP contribution in [0.3, 0.4) is 0 Å². The predicted molar refractivity (Wildman–Crippen MR) is 72.6 cm³/mol. The summed E-state index contributed by atoms with van der Waals surface area (Å²) in [4.78, 5) is 0. The average molecular weight is 230 g/mol. The molecule has 0 amide bonds. The molecule has 1 aliphatic rings. The van der Waals surface area contributed by atoms with Crippen LogP contribution in [0.25, 0.3) is 0 Å². The number of fused-ring (bicyclic) bond motifs is 2. The van der Waals surface area contributed by atoms with Crippen LogP contribution in [0, 0.1) is 0 Å². The molecule has 0 aromatic heterocycles. The molecule has 2 aromatic carbocycles. The molecule has 0 nitrogen and oxygen atoms in total. The first-order chi connectivity index (χ1) is 7.36. The van der Waals surface area contributed by atoms with Crippen LogP contribution in [-0.2, 0) is 0 Å². The highest BCUT2D eigenvalue weighted by Gasteiger charge is 2.20. The molecule has 0 unspecified atom stereocenters. The van der Waals surface area contributed by atoms with Gasteiger partial charge in [-0.15, -0.1) is 0 Å². The first kappa shape index (κ1) is 9.52. The summed E-state index contributed by atoms with van der Waals surface area (Å²) in [5.41, 5.74) is 0. The van der Waals surface area contributed by atoms with Crippen molar-refractivity contribution in [3.05, 3.63) is 48.5 Å². The predicted octanol–water partition coefficient (Wildman–Crippen LogP) is 1.69. The van der Waals surface area contributed by atoms with Gasteiger partial charge in [0.15, 0.2) is 0 Å². The Morgan fingerprint density at radius 3 is 1.80 bits per heavy atom. The van der Waals surface area contributed by atoms with Gasteiger partial charge in [-0.05, 0) is 35.8 Å². The van der Waals surface area contributed by atoms with E-state index in [0.717, 1.165) is 8.58 Å². The third-order valence-corrected chi connectivity index (χ3v) is 6.86. The summed E-state index contributed by atoms with van der Waals surface area (Å²) in [7, 11) is 0.730. The molecule has 0 radical (unpaired) electrons. The molecule has 15 heavy (non-hydrogen) atoms. The van der Waals surface area contributed by atoms with Crippen molar-refractivity contribution in [1.29, 1.82) is 0 Å². The van der Waals surface area contributed by atoms with Gasteiger partial charge in [0, 0.05) is 0 Å². The standard InChI is InChI=1S/C13H12P2/c1-15-12-8-4-2-6-10(12)14-11-7-3-5-9-13(11)15/h2-9,14H,1H3. The zero-order valence-corrected chi connectivity index (χ0v) is 10.5. The molecule has 0 fully saturated rings. The fraction of sp³-hybridized carbons (Fsp3) is 0.0769. The molecule has 0 atom stereocenters. The van der Waals surface area contributed by atoms with Crippen molar-refractivity contribution < 1.29 is 0 Å². The largest absolute Gasteiger partial charge is 0.0616 e. The summed E-state index contributed by atoms with van der Waals surface area (Å²) in [6.45, 7) is 2.37. The fourth-order valence-corrected chi connectivity index (χ4v) is 6.18. The van der Waals surface area contributed by atoms with E-state index < -0.39 is 0 Å². The molecule has 0 saturated heterocycles. The Morgan fingerprint density at radius 2 is 1.27 bits per heavy atom. The van der Waals surface area contributed by atoms with Crippen LogP contribution in [0.5, 0.6) is 0 Å². The van der Waals surface area contributed by atoms with Gasteiger partial charge in [-0.2, -0.15) is 0 Å². The summed E-state index contributed by atoms with van der Waals surface area (Å²) in [6.07, 6.45) is 0. The van der Waals surface area contributed by atoms with Crippen LogP contribution in [0.2, 0.25) is 0 Å². The minimum Gasteiger partial charge on any atom is -0.0616 e. The minimum absolute atomic E-state index is 0.116. The lowest BCUT2D eigenvalue weighted by Crippen LogP contribution is -2.35. The van der Waals surface area contributed by atoms with Crippen molar-refractivity contribution in [2.75, 3.05) is 6.66 Å². The fourth-order valence-electron chi connectivity index (χ4n) is 2.02. The Morgan fingerprint density at radius 1 is 0.800 bits per heavy atom. The van der Waals surface area contributed by atoms with Crippen LogP contribution in [0.1, 0.15) is 0 Å². The van der Waals surface area contributed by atoms with Crippen molar-refractivity contribution in [3.63, 3.8) is 0 Å². The lowest BCUT2D eigenvalue weighted by molar-refractivity contribution is 1.79. The van der Waals surface area contributed by atoms with Crippen LogP contribution in [0.15, 0.2) is 48.5 Å². The van der Waals surface area contributed by atoms with Gasteiger partial charge in [0.05, 0.1) is 0 Å². The second-order valence-corrected chi connectivity index (χ2v) is 7.13. The molecule has 0 aliphatic carbocycles. The van der Waals surface area contributed by atoms with Crippen molar-refractivity contribution in [1.82, 2.24) is 0 Å². The zero-order chi connectivity index (χ0) is 10.3. The average Bonchev–Trinajstić information content (AvgIpc) is 2.30. The SMILES string of the molecule is CP1c2ccccc2Pc2ccccc21. The Bertz CT molecular complexity index is 460. The first-order valence-electron chi connectivity index (χ1n) is 5.05. The third-order valence-electron chi connectivity index (χ3n) is 2.80. The third kappa shape index (κ3) is 1.53. The quantitative estimate of drug-likeness (QED) is 0.604. The molecule has 74 valence electrons. The summed E-state index contributed by atoms with van der Waals surface area (Å²) in [5.74, 6) is 0. The van der Waals surface area contributed by atoms with Crippen molar-refractivity contribution >= 4 is 37.7 Å². The molecule has 1 aliphatic heterocycles. The number of hydrogen-bond acceptors (Lipinski definition) is 0. The molecule has 0 bridgehead atoms. The van der Waals surface area contributed by atoms with E-state index in [1.807, 2.05) is 0 Å². The number of hydrogen-bond donors (Lipinski definition) is 0. The van der Waals surface area contributed by atoms with Gasteiger partial charge >= 0.3 is 0 Å². The molecular formula is C13H12P2. The maximum Gasteiger partial charge on any atom is -0.0120 e. The Hall–Kier alpha value is -0.700. The highest BCUT2D eigenvalue weighted by Crippen LogP contribution is 2.33. The van der Waals surface area contributed by atoms with Gasteiger partial charge < -0.3 is 0 Å². The lowest BCUT2D eigenvalue weighted by Gasteiger charge is -2.25. The van der Waals surface area contributed by atoms with Gasteiger partial charge in [-0.25, -0.2) is 0 Å². The van der Waals surface area contributed by atoms with E-state index in [4.69, 9.17) is 0 Å². The topological polar surface area (TPSA) is 0 Å². The van der Waals surface area contributed by atoms with Gasteiger partial charge in [-0.1, -0.05) is 57.1 Å². The van der Waals surface area contributed by atoms with E-state index in [9.17, 15) is 0 Å². The highest BCUT2D eigenvalue weighted by atomic mass is 31.1. The van der Waals surface area contributed by atoms with Gasteiger partial charge in [0.1, 0.15) is 0 Å². The maximum absolute atomic E-state index is 2.37. The summed E-state index contributed by atoms with van der Waals surface area (Å²) in [5, 5.41) is 6.24. The van der Waals surface area contributed by atoms with Gasteiger partial charge in [-0.3, -0.25) is 0 Å². The van der Waals surface area contributed by atoms with E-state index >= 15 is 0 Å². The van der Waals surface area contributed by atoms with Crippen molar-refractivity contribution in [3.8, 4) is 0 Å². The van der Waals surface area contributed by atoms with Crippen LogP contribution in [0.4, 0.5) is 0 Å². The smallest absolute Gasteiger partial charge is 0.0120 e. The summed E-state index contributed by atoms with van der Waals surface area (Å²) < 4.78 is 0. The van der Waals surface area contributed by atoms with E-state index in [1.54, 1.807) is 21.2 Å². The summed E-state index contributed by atoms with van der Waals surface area (Å²) in [6, 6.07) is 17.8. The first-order valence-corrected chi connectivity index (χ1v) is 7.84. The van der Waals surface area contributed by atoms with Gasteiger partial charge in [0.2, 0.25) is 0 Å². The van der Waals surface area contributed by atoms with E-state index in [2.05, 4.69) is 55.2 Å². The van der Waals surface area contributed by atoms with E-state index in [1.165, 1.54) is 0 Å². The van der Waals surface area contributed by atoms with E-state index in [-0.39, 0.29) is 7.92 Å². The van der Waals surface area contributed by atoms with Gasteiger partial charge in [0.25, 0.3) is 0 Å². The van der Waals surface area contributed by atoms with E-state index in [0.29, 0.717) is 0 Å². The van der Waals surface area contributed by atoms with Crippen molar-refractivity contribution in [2.24, 2.45) is 0 Å². The minimum atomic E-state index is -0.116. The molecule has 1 heterocycles. The molecule has 2 heteroatoms. The molecular weight excluding hydrogens is 218 g/mol. The van der Waals surface area contributed by atoms with Crippen LogP contribution < -0.4 is 21.2 Å². The number of rotatable bonds is 0. The molecule has 0 N–H and O–H groups in total. The molecule has 0 spiro atoms. The maximum atomic E-state index is 2.37. The molecule has 2 aromatic rings. The molecule has 0 saturated carbocycles. The van der Waals surface area contributed by atoms with Crippen molar-refractivity contribution in [2.45, 2.75) is 0 Å². The second-order valence-electron chi connectivity index (χ2n) is 3.72. The Balaban J connectivity index is 2.20. The highest BCUT2D eigenvalue weighted by molar-refractivity contribution is 7.78. The van der Waals surface area contributed by atoms with Crippen LogP contribution >= 0.6 is 16.5 Å². The normalized spacial score (nSPS) is 19.7. The Labute approximate surface area is 93.3 Å². The number of benzene rings is 2. The zero-order valence-electron chi connectivity index (χ0n) is 8.57. The Kier molecular flexibility index (Phi) is 2.35.